The van der Waals surface area contributed by atoms with Crippen LogP contribution >= 0.6 is 0 Å². The molecule has 1 heterocycles. The van der Waals surface area contributed by atoms with E-state index < -0.39 is 24.3 Å². The molecule has 1 N–H and O–H groups in total. The molecular weight excluding hydrogens is 280 g/mol. The molecule has 0 saturated carbocycles. The molecular formula is C13H22N2O6. The highest BCUT2D eigenvalue weighted by molar-refractivity contribution is 5.78. The third-order valence-electron chi connectivity index (χ3n) is 2.74. The predicted octanol–water partition coefficient (Wildman–Crippen LogP) is 0.167. The summed E-state index contributed by atoms with van der Waals surface area (Å²) in [6.07, 6.45) is -0.392. The number of carboxylic acids is 1. The van der Waals surface area contributed by atoms with Crippen LogP contribution in [-0.4, -0.2) is 77.9 Å². The van der Waals surface area contributed by atoms with Crippen molar-refractivity contribution in [2.45, 2.75) is 26.4 Å². The Kier molecular flexibility index (Phi) is 5.95. The van der Waals surface area contributed by atoms with Gasteiger partial charge in [-0.15, -0.1) is 0 Å². The Morgan fingerprint density at radius 3 is 2.00 bits per heavy atom. The number of nitrogens with zero attached hydrogens (tertiary/aromatic N) is 2. The van der Waals surface area contributed by atoms with E-state index in [0.717, 1.165) is 0 Å². The van der Waals surface area contributed by atoms with E-state index in [1.54, 1.807) is 30.6 Å². The fraction of sp³-hybridized carbons (Fsp3) is 0.769. The van der Waals surface area contributed by atoms with Crippen LogP contribution in [0, 0.1) is 0 Å². The van der Waals surface area contributed by atoms with Gasteiger partial charge in [0.1, 0.15) is 18.8 Å². The molecule has 8 heteroatoms. The van der Waals surface area contributed by atoms with Crippen LogP contribution in [-0.2, 0) is 19.1 Å². The molecule has 120 valence electrons. The lowest BCUT2D eigenvalue weighted by Crippen LogP contribution is -2.52. The minimum absolute atomic E-state index is 0.265. The van der Waals surface area contributed by atoms with Crippen LogP contribution in [0.3, 0.4) is 0 Å². The largest absolute Gasteiger partial charge is 0.480 e. The Morgan fingerprint density at radius 1 is 1.00 bits per heavy atom. The summed E-state index contributed by atoms with van der Waals surface area (Å²) in [4.78, 5) is 37.0. The van der Waals surface area contributed by atoms with Crippen molar-refractivity contribution in [2.24, 2.45) is 0 Å². The predicted molar refractivity (Wildman–Crippen MR) is 72.8 cm³/mol. The van der Waals surface area contributed by atoms with Crippen molar-refractivity contribution >= 4 is 18.0 Å². The van der Waals surface area contributed by atoms with E-state index in [4.69, 9.17) is 14.6 Å². The Balaban J connectivity index is 2.33. The Labute approximate surface area is 123 Å². The first-order valence-electron chi connectivity index (χ1n) is 6.74. The third-order valence-corrected chi connectivity index (χ3v) is 2.74. The molecule has 0 atom stereocenters. The van der Waals surface area contributed by atoms with Crippen LogP contribution in [0.25, 0.3) is 0 Å². The fourth-order valence-electron chi connectivity index (χ4n) is 1.78. The minimum Gasteiger partial charge on any atom is -0.480 e. The number of rotatable bonds is 4. The molecule has 0 aliphatic carbocycles. The summed E-state index contributed by atoms with van der Waals surface area (Å²) < 4.78 is 10.0. The Bertz CT molecular complexity index is 396. The second-order valence-corrected chi connectivity index (χ2v) is 5.73. The molecule has 1 saturated heterocycles. The molecule has 8 nitrogen and oxygen atoms in total. The van der Waals surface area contributed by atoms with Crippen molar-refractivity contribution < 1.29 is 29.0 Å². The lowest BCUT2D eigenvalue weighted by atomic mass is 10.2. The van der Waals surface area contributed by atoms with Gasteiger partial charge in [-0.05, 0) is 20.8 Å². The zero-order chi connectivity index (χ0) is 16.0. The smallest absolute Gasteiger partial charge is 0.410 e. The highest BCUT2D eigenvalue weighted by Crippen LogP contribution is 2.11. The Morgan fingerprint density at radius 2 is 1.52 bits per heavy atom. The van der Waals surface area contributed by atoms with Crippen LogP contribution < -0.4 is 0 Å². The number of piperazine rings is 1. The van der Waals surface area contributed by atoms with Crippen LogP contribution in [0.4, 0.5) is 4.79 Å². The van der Waals surface area contributed by atoms with Gasteiger partial charge in [0.05, 0.1) is 0 Å². The third kappa shape index (κ3) is 6.44. The molecule has 0 aromatic carbocycles. The highest BCUT2D eigenvalue weighted by atomic mass is 16.6. The van der Waals surface area contributed by atoms with Gasteiger partial charge < -0.3 is 24.4 Å². The van der Waals surface area contributed by atoms with E-state index in [9.17, 15) is 14.4 Å². The molecule has 1 aliphatic rings. The van der Waals surface area contributed by atoms with Gasteiger partial charge in [-0.1, -0.05) is 0 Å². The number of aliphatic carboxylic acids is 1. The van der Waals surface area contributed by atoms with Gasteiger partial charge in [0.2, 0.25) is 5.91 Å². The number of hydrogen-bond donors (Lipinski definition) is 1. The molecule has 0 aromatic heterocycles. The van der Waals surface area contributed by atoms with Crippen LogP contribution in [0.2, 0.25) is 0 Å². The van der Waals surface area contributed by atoms with Crippen molar-refractivity contribution in [3.8, 4) is 0 Å². The van der Waals surface area contributed by atoms with Gasteiger partial charge in [0.15, 0.2) is 0 Å². The summed E-state index contributed by atoms with van der Waals surface area (Å²) in [5, 5.41) is 8.42. The van der Waals surface area contributed by atoms with Gasteiger partial charge in [0, 0.05) is 26.2 Å². The number of amides is 2. The van der Waals surface area contributed by atoms with Crippen molar-refractivity contribution in [3.63, 3.8) is 0 Å². The first-order chi connectivity index (χ1) is 9.69. The topological polar surface area (TPSA) is 96.4 Å². The second kappa shape index (κ2) is 7.26. The van der Waals surface area contributed by atoms with Crippen molar-refractivity contribution in [1.29, 1.82) is 0 Å². The maximum Gasteiger partial charge on any atom is 0.410 e. The van der Waals surface area contributed by atoms with Crippen LogP contribution in [0.15, 0.2) is 0 Å². The first kappa shape index (κ1) is 17.2. The van der Waals surface area contributed by atoms with E-state index in [-0.39, 0.29) is 12.5 Å². The van der Waals surface area contributed by atoms with E-state index in [1.165, 1.54) is 0 Å². The zero-order valence-corrected chi connectivity index (χ0v) is 12.6. The number of hydrogen-bond acceptors (Lipinski definition) is 5. The monoisotopic (exact) mass is 302 g/mol. The van der Waals surface area contributed by atoms with Crippen molar-refractivity contribution in [3.05, 3.63) is 0 Å². The summed E-state index contributed by atoms with van der Waals surface area (Å²) in [7, 11) is 0. The molecule has 0 spiro atoms. The quantitative estimate of drug-likeness (QED) is 0.795. The molecule has 2 amide bonds. The molecule has 0 aromatic rings. The second-order valence-electron chi connectivity index (χ2n) is 5.73. The van der Waals surface area contributed by atoms with E-state index >= 15 is 0 Å². The number of carboxylic acid groups (broad SMARTS) is 1. The van der Waals surface area contributed by atoms with Crippen molar-refractivity contribution in [1.82, 2.24) is 9.80 Å². The van der Waals surface area contributed by atoms with E-state index in [2.05, 4.69) is 0 Å². The maximum atomic E-state index is 11.8. The minimum atomic E-state index is -1.11. The van der Waals surface area contributed by atoms with E-state index in [1.807, 2.05) is 0 Å². The molecule has 0 radical (unpaired) electrons. The molecule has 1 fully saturated rings. The van der Waals surface area contributed by atoms with Crippen molar-refractivity contribution in [2.75, 3.05) is 39.4 Å². The SMILES string of the molecule is CC(C)(C)OC(=O)N1CCN(C(=O)COCC(=O)O)CC1. The lowest BCUT2D eigenvalue weighted by molar-refractivity contribution is -0.146. The molecule has 1 rings (SSSR count). The lowest BCUT2D eigenvalue weighted by Gasteiger charge is -2.35. The number of carbonyl (C=O) groups excluding carboxylic acids is 2. The molecule has 21 heavy (non-hydrogen) atoms. The van der Waals surface area contributed by atoms with Gasteiger partial charge in [-0.3, -0.25) is 4.79 Å². The summed E-state index contributed by atoms with van der Waals surface area (Å²) in [6.45, 7) is 6.17. The highest BCUT2D eigenvalue weighted by Gasteiger charge is 2.27. The number of ether oxygens (including phenoxy) is 2. The van der Waals surface area contributed by atoms with Gasteiger partial charge in [-0.25, -0.2) is 9.59 Å². The molecule has 0 bridgehead atoms. The average Bonchev–Trinajstić information content (AvgIpc) is 2.36. The number of carbonyl (C=O) groups is 3. The van der Waals surface area contributed by atoms with Crippen LogP contribution in [0.5, 0.6) is 0 Å². The van der Waals surface area contributed by atoms with Gasteiger partial charge in [0.25, 0.3) is 0 Å². The Hall–Kier alpha value is -1.83. The summed E-state index contributed by atoms with van der Waals surface area (Å²) in [5.74, 6) is -1.39. The first-order valence-corrected chi connectivity index (χ1v) is 6.74. The summed E-state index contributed by atoms with van der Waals surface area (Å²) in [6, 6.07) is 0. The van der Waals surface area contributed by atoms with Crippen LogP contribution in [0.1, 0.15) is 20.8 Å². The van der Waals surface area contributed by atoms with Gasteiger partial charge >= 0.3 is 12.1 Å². The average molecular weight is 302 g/mol. The summed E-state index contributed by atoms with van der Waals surface area (Å²) >= 11 is 0. The fourth-order valence-corrected chi connectivity index (χ4v) is 1.78. The zero-order valence-electron chi connectivity index (χ0n) is 12.6. The molecule has 0 unspecified atom stereocenters. The molecule has 1 aliphatic heterocycles. The summed E-state index contributed by atoms with van der Waals surface area (Å²) in [5.41, 5.74) is -0.547. The maximum absolute atomic E-state index is 11.8. The normalized spacial score (nSPS) is 15.8. The van der Waals surface area contributed by atoms with E-state index in [0.29, 0.717) is 26.2 Å². The standard InChI is InChI=1S/C13H22N2O6/c1-13(2,3)21-12(19)15-6-4-14(5-7-15)10(16)8-20-9-11(17)18/h4-9H2,1-3H3,(H,17,18). The van der Waals surface area contributed by atoms with Gasteiger partial charge in [-0.2, -0.15) is 0 Å².